The molecule has 1 atom stereocenters. The summed E-state index contributed by atoms with van der Waals surface area (Å²) >= 11 is 5.86. The summed E-state index contributed by atoms with van der Waals surface area (Å²) in [6.07, 6.45) is 0.905. The summed E-state index contributed by atoms with van der Waals surface area (Å²) in [6.45, 7) is 5.91. The van der Waals surface area contributed by atoms with Crippen molar-refractivity contribution in [2.75, 3.05) is 5.32 Å². The molecule has 0 saturated carbocycles. The van der Waals surface area contributed by atoms with Crippen molar-refractivity contribution < 1.29 is 4.79 Å². The average Bonchev–Trinajstić information content (AvgIpc) is 2.23. The van der Waals surface area contributed by atoms with Crippen LogP contribution in [0.1, 0.15) is 25.8 Å². The van der Waals surface area contributed by atoms with Crippen molar-refractivity contribution in [3.05, 3.63) is 28.8 Å². The molecule has 0 spiro atoms. The van der Waals surface area contributed by atoms with Gasteiger partial charge < -0.3 is 10.6 Å². The van der Waals surface area contributed by atoms with E-state index in [2.05, 4.69) is 10.6 Å². The predicted molar refractivity (Wildman–Crippen MR) is 68.1 cm³/mol. The van der Waals surface area contributed by atoms with Crippen LogP contribution in [0.15, 0.2) is 18.2 Å². The van der Waals surface area contributed by atoms with Crippen molar-refractivity contribution in [2.24, 2.45) is 0 Å². The summed E-state index contributed by atoms with van der Waals surface area (Å²) in [5, 5.41) is 6.23. The molecule has 0 radical (unpaired) electrons. The van der Waals surface area contributed by atoms with Gasteiger partial charge in [0.15, 0.2) is 0 Å². The minimum absolute atomic E-state index is 0.166. The Labute approximate surface area is 101 Å². The Morgan fingerprint density at radius 1 is 1.50 bits per heavy atom. The highest BCUT2D eigenvalue weighted by Gasteiger charge is 2.07. The lowest BCUT2D eigenvalue weighted by Gasteiger charge is -2.13. The number of benzene rings is 1. The fourth-order valence-corrected chi connectivity index (χ4v) is 1.39. The first-order chi connectivity index (χ1) is 7.52. The predicted octanol–water partition coefficient (Wildman–Crippen LogP) is 3.57. The van der Waals surface area contributed by atoms with Crippen LogP contribution >= 0.6 is 11.6 Å². The fraction of sp³-hybridized carbons (Fsp3) is 0.417. The molecule has 1 aromatic rings. The monoisotopic (exact) mass is 240 g/mol. The molecule has 0 heterocycles. The van der Waals surface area contributed by atoms with Crippen molar-refractivity contribution in [1.82, 2.24) is 5.32 Å². The topological polar surface area (TPSA) is 41.1 Å². The van der Waals surface area contributed by atoms with Crippen LogP contribution in [-0.2, 0) is 0 Å². The quantitative estimate of drug-likeness (QED) is 0.833. The highest BCUT2D eigenvalue weighted by molar-refractivity contribution is 6.31. The molecular formula is C12H17ClN2O. The van der Waals surface area contributed by atoms with E-state index in [1.165, 1.54) is 0 Å². The molecule has 4 heteroatoms. The summed E-state index contributed by atoms with van der Waals surface area (Å²) in [5.41, 5.74) is 1.73. The summed E-state index contributed by atoms with van der Waals surface area (Å²) in [5.74, 6) is 0. The SMILES string of the molecule is CCC(C)NC(=O)Nc1cc(Cl)ccc1C. The number of amides is 2. The van der Waals surface area contributed by atoms with Crippen LogP contribution in [0.2, 0.25) is 5.02 Å². The Hall–Kier alpha value is -1.22. The fourth-order valence-electron chi connectivity index (χ4n) is 1.21. The molecule has 0 bridgehead atoms. The summed E-state index contributed by atoms with van der Waals surface area (Å²) in [7, 11) is 0. The zero-order valence-corrected chi connectivity index (χ0v) is 10.6. The van der Waals surface area contributed by atoms with E-state index >= 15 is 0 Å². The Morgan fingerprint density at radius 2 is 2.19 bits per heavy atom. The third kappa shape index (κ3) is 3.74. The van der Waals surface area contributed by atoms with E-state index in [1.54, 1.807) is 12.1 Å². The molecule has 0 aliphatic carbocycles. The van der Waals surface area contributed by atoms with Gasteiger partial charge in [0, 0.05) is 16.8 Å². The Kier molecular flexibility index (Phi) is 4.62. The van der Waals surface area contributed by atoms with E-state index < -0.39 is 0 Å². The molecule has 1 aromatic carbocycles. The van der Waals surface area contributed by atoms with Gasteiger partial charge in [-0.25, -0.2) is 4.79 Å². The molecule has 16 heavy (non-hydrogen) atoms. The molecule has 88 valence electrons. The van der Waals surface area contributed by atoms with Crippen LogP contribution in [-0.4, -0.2) is 12.1 Å². The molecule has 0 aliphatic heterocycles. The molecule has 1 rings (SSSR count). The zero-order chi connectivity index (χ0) is 12.1. The van der Waals surface area contributed by atoms with Gasteiger partial charge in [0.05, 0.1) is 0 Å². The first kappa shape index (κ1) is 12.8. The largest absolute Gasteiger partial charge is 0.335 e. The Bertz CT molecular complexity index is 379. The van der Waals surface area contributed by atoms with Gasteiger partial charge in [-0.1, -0.05) is 24.6 Å². The van der Waals surface area contributed by atoms with E-state index in [0.29, 0.717) is 5.02 Å². The number of anilines is 1. The Balaban J connectivity index is 2.65. The lowest BCUT2D eigenvalue weighted by atomic mass is 10.2. The number of rotatable bonds is 3. The highest BCUT2D eigenvalue weighted by atomic mass is 35.5. The van der Waals surface area contributed by atoms with Gasteiger partial charge >= 0.3 is 6.03 Å². The standard InChI is InChI=1S/C12H17ClN2O/c1-4-9(3)14-12(16)15-11-7-10(13)6-5-8(11)2/h5-7,9H,4H2,1-3H3,(H2,14,15,16). The second-order valence-electron chi connectivity index (χ2n) is 3.87. The van der Waals surface area contributed by atoms with Crippen LogP contribution in [0.25, 0.3) is 0 Å². The number of aryl methyl sites for hydroxylation is 1. The number of carbonyl (C=O) groups is 1. The summed E-state index contributed by atoms with van der Waals surface area (Å²) in [6, 6.07) is 5.39. The van der Waals surface area contributed by atoms with Crippen molar-refractivity contribution in [1.29, 1.82) is 0 Å². The second kappa shape index (κ2) is 5.75. The minimum atomic E-state index is -0.195. The normalized spacial score (nSPS) is 12.0. The van der Waals surface area contributed by atoms with Crippen LogP contribution in [0.5, 0.6) is 0 Å². The summed E-state index contributed by atoms with van der Waals surface area (Å²) < 4.78 is 0. The second-order valence-corrected chi connectivity index (χ2v) is 4.30. The third-order valence-corrected chi connectivity index (χ3v) is 2.67. The van der Waals surface area contributed by atoms with Gasteiger partial charge in [-0.2, -0.15) is 0 Å². The molecule has 0 saturated heterocycles. The van der Waals surface area contributed by atoms with Crippen LogP contribution < -0.4 is 10.6 Å². The molecular weight excluding hydrogens is 224 g/mol. The average molecular weight is 241 g/mol. The highest BCUT2D eigenvalue weighted by Crippen LogP contribution is 2.19. The van der Waals surface area contributed by atoms with Crippen LogP contribution in [0.4, 0.5) is 10.5 Å². The number of carbonyl (C=O) groups excluding carboxylic acids is 1. The zero-order valence-electron chi connectivity index (χ0n) is 9.80. The number of hydrogen-bond donors (Lipinski definition) is 2. The third-order valence-electron chi connectivity index (χ3n) is 2.44. The van der Waals surface area contributed by atoms with E-state index in [0.717, 1.165) is 17.7 Å². The first-order valence-corrected chi connectivity index (χ1v) is 5.74. The first-order valence-electron chi connectivity index (χ1n) is 5.36. The van der Waals surface area contributed by atoms with Gasteiger partial charge in [0.25, 0.3) is 0 Å². The van der Waals surface area contributed by atoms with Crippen molar-refractivity contribution in [3.8, 4) is 0 Å². The number of halogens is 1. The van der Waals surface area contributed by atoms with E-state index in [-0.39, 0.29) is 12.1 Å². The van der Waals surface area contributed by atoms with Crippen LogP contribution in [0.3, 0.4) is 0 Å². The minimum Gasteiger partial charge on any atom is -0.335 e. The maximum absolute atomic E-state index is 11.6. The van der Waals surface area contributed by atoms with Gasteiger partial charge in [-0.05, 0) is 38.0 Å². The number of urea groups is 1. The smallest absolute Gasteiger partial charge is 0.319 e. The van der Waals surface area contributed by atoms with Crippen molar-refractivity contribution in [2.45, 2.75) is 33.2 Å². The molecule has 3 nitrogen and oxygen atoms in total. The van der Waals surface area contributed by atoms with Crippen molar-refractivity contribution >= 4 is 23.3 Å². The van der Waals surface area contributed by atoms with E-state index in [4.69, 9.17) is 11.6 Å². The van der Waals surface area contributed by atoms with Gasteiger partial charge in [0.2, 0.25) is 0 Å². The molecule has 1 unspecified atom stereocenters. The molecule has 0 aromatic heterocycles. The molecule has 2 amide bonds. The van der Waals surface area contributed by atoms with Gasteiger partial charge in [-0.3, -0.25) is 0 Å². The maximum atomic E-state index is 11.6. The lowest BCUT2D eigenvalue weighted by Crippen LogP contribution is -2.35. The Morgan fingerprint density at radius 3 is 2.81 bits per heavy atom. The number of hydrogen-bond acceptors (Lipinski definition) is 1. The van der Waals surface area contributed by atoms with Gasteiger partial charge in [0.1, 0.15) is 0 Å². The lowest BCUT2D eigenvalue weighted by molar-refractivity contribution is 0.249. The summed E-state index contributed by atoms with van der Waals surface area (Å²) in [4.78, 5) is 11.6. The molecule has 0 fully saturated rings. The van der Waals surface area contributed by atoms with Gasteiger partial charge in [-0.15, -0.1) is 0 Å². The van der Waals surface area contributed by atoms with E-state index in [9.17, 15) is 4.79 Å². The molecule has 0 aliphatic rings. The van der Waals surface area contributed by atoms with Crippen molar-refractivity contribution in [3.63, 3.8) is 0 Å². The number of nitrogens with one attached hydrogen (secondary N) is 2. The maximum Gasteiger partial charge on any atom is 0.319 e. The molecule has 2 N–H and O–H groups in total. The van der Waals surface area contributed by atoms with Crippen LogP contribution in [0, 0.1) is 6.92 Å². The van der Waals surface area contributed by atoms with E-state index in [1.807, 2.05) is 26.8 Å².